The molecule has 0 spiro atoms. The van der Waals surface area contributed by atoms with Crippen LogP contribution in [0.25, 0.3) is 11.1 Å². The van der Waals surface area contributed by atoms with E-state index in [9.17, 15) is 0 Å². The molecule has 2 aromatic rings. The van der Waals surface area contributed by atoms with Gasteiger partial charge >= 0.3 is 0 Å². The summed E-state index contributed by atoms with van der Waals surface area (Å²) in [7, 11) is 3.33. The van der Waals surface area contributed by atoms with Crippen molar-refractivity contribution in [1.82, 2.24) is 5.32 Å². The lowest BCUT2D eigenvalue weighted by Gasteiger charge is -2.16. The van der Waals surface area contributed by atoms with Crippen LogP contribution in [-0.2, 0) is 4.74 Å². The Hall–Kier alpha value is -2.53. The van der Waals surface area contributed by atoms with Crippen LogP contribution in [0.4, 0.5) is 0 Å². The molecule has 0 fully saturated rings. The molecular weight excluding hydrogens is 304 g/mol. The Morgan fingerprint density at radius 3 is 2.46 bits per heavy atom. The maximum absolute atomic E-state index is 6.06. The number of rotatable bonds is 7. The molecule has 2 aromatic carbocycles. The van der Waals surface area contributed by atoms with Gasteiger partial charge in [0.25, 0.3) is 0 Å². The van der Waals surface area contributed by atoms with Crippen molar-refractivity contribution in [1.29, 1.82) is 0 Å². The van der Waals surface area contributed by atoms with Gasteiger partial charge in [0.2, 0.25) is 0 Å². The Balaban J connectivity index is 2.01. The Morgan fingerprint density at radius 2 is 1.79 bits per heavy atom. The quantitative estimate of drug-likeness (QED) is 0.795. The predicted molar refractivity (Wildman–Crippen MR) is 95.2 cm³/mol. The maximum Gasteiger partial charge on any atom is 0.138 e. The number of aliphatic imine (C=N–C) groups is 1. The third-order valence-corrected chi connectivity index (χ3v) is 3.88. The Labute approximate surface area is 142 Å². The molecule has 1 aliphatic heterocycles. The van der Waals surface area contributed by atoms with E-state index in [1.54, 1.807) is 14.2 Å². The summed E-state index contributed by atoms with van der Waals surface area (Å²) in [6.07, 6.45) is 0. The molecule has 0 atom stereocenters. The van der Waals surface area contributed by atoms with Gasteiger partial charge in [-0.3, -0.25) is 4.99 Å². The van der Waals surface area contributed by atoms with Crippen molar-refractivity contribution in [3.63, 3.8) is 0 Å². The van der Waals surface area contributed by atoms with Gasteiger partial charge in [-0.15, -0.1) is 0 Å². The Kier molecular flexibility index (Phi) is 5.33. The van der Waals surface area contributed by atoms with E-state index >= 15 is 0 Å². The van der Waals surface area contributed by atoms with Crippen molar-refractivity contribution in [2.45, 2.75) is 0 Å². The molecule has 0 aliphatic carbocycles. The van der Waals surface area contributed by atoms with Crippen LogP contribution >= 0.6 is 0 Å². The number of methoxy groups -OCH3 is 2. The first-order chi connectivity index (χ1) is 11.8. The van der Waals surface area contributed by atoms with Crippen LogP contribution in [-0.4, -0.2) is 46.4 Å². The molecule has 0 saturated carbocycles. The van der Waals surface area contributed by atoms with Crippen molar-refractivity contribution >= 4 is 5.84 Å². The summed E-state index contributed by atoms with van der Waals surface area (Å²) in [6, 6.07) is 14.1. The Morgan fingerprint density at radius 1 is 1.00 bits per heavy atom. The first-order valence-corrected chi connectivity index (χ1v) is 8.01. The lowest BCUT2D eigenvalue weighted by atomic mass is 10.0. The number of nitrogens with one attached hydrogen (secondary N) is 1. The Bertz CT molecular complexity index is 711. The summed E-state index contributed by atoms with van der Waals surface area (Å²) >= 11 is 0. The maximum atomic E-state index is 6.06. The molecule has 1 N–H and O–H groups in total. The minimum Gasteiger partial charge on any atom is -0.497 e. The van der Waals surface area contributed by atoms with Gasteiger partial charge in [-0.05, 0) is 23.8 Å². The van der Waals surface area contributed by atoms with Crippen molar-refractivity contribution in [2.24, 2.45) is 4.99 Å². The summed E-state index contributed by atoms with van der Waals surface area (Å²) in [6.45, 7) is 2.68. The third kappa shape index (κ3) is 3.51. The highest BCUT2D eigenvalue weighted by atomic mass is 16.5. The number of ether oxygens (including phenoxy) is 3. The van der Waals surface area contributed by atoms with E-state index in [0.717, 1.165) is 47.1 Å². The van der Waals surface area contributed by atoms with Gasteiger partial charge in [-0.2, -0.15) is 0 Å². The highest BCUT2D eigenvalue weighted by Crippen LogP contribution is 2.34. The molecule has 5 heteroatoms. The molecule has 1 aliphatic rings. The number of hydrogen-bond donors (Lipinski definition) is 1. The average Bonchev–Trinajstić information content (AvgIpc) is 3.16. The SMILES string of the molecule is COCCOc1c(C2=NCCN2)cccc1-c1ccc(OC)cc1. The van der Waals surface area contributed by atoms with Crippen molar-refractivity contribution < 1.29 is 14.2 Å². The number of nitrogens with zero attached hydrogens (tertiary/aromatic N) is 1. The molecule has 1 heterocycles. The second-order valence-electron chi connectivity index (χ2n) is 5.41. The number of hydrogen-bond acceptors (Lipinski definition) is 5. The summed E-state index contributed by atoms with van der Waals surface area (Å²) in [4.78, 5) is 4.53. The lowest BCUT2D eigenvalue weighted by Crippen LogP contribution is -2.21. The molecule has 0 saturated heterocycles. The van der Waals surface area contributed by atoms with Crippen LogP contribution < -0.4 is 14.8 Å². The van der Waals surface area contributed by atoms with Crippen LogP contribution in [0.1, 0.15) is 5.56 Å². The van der Waals surface area contributed by atoms with Crippen molar-refractivity contribution in [3.8, 4) is 22.6 Å². The number of benzene rings is 2. The highest BCUT2D eigenvalue weighted by Gasteiger charge is 2.18. The first-order valence-electron chi connectivity index (χ1n) is 8.01. The van der Waals surface area contributed by atoms with E-state index < -0.39 is 0 Å². The molecule has 0 radical (unpaired) electrons. The zero-order chi connectivity index (χ0) is 16.8. The van der Waals surface area contributed by atoms with E-state index in [4.69, 9.17) is 14.2 Å². The van der Waals surface area contributed by atoms with Gasteiger partial charge in [0.1, 0.15) is 23.9 Å². The monoisotopic (exact) mass is 326 g/mol. The predicted octanol–water partition coefficient (Wildman–Crippen LogP) is 2.74. The zero-order valence-electron chi connectivity index (χ0n) is 14.0. The van der Waals surface area contributed by atoms with Crippen molar-refractivity contribution in [2.75, 3.05) is 40.5 Å². The molecule has 0 bridgehead atoms. The second-order valence-corrected chi connectivity index (χ2v) is 5.41. The summed E-state index contributed by atoms with van der Waals surface area (Å²) in [5, 5.41) is 3.32. The van der Waals surface area contributed by atoms with E-state index in [-0.39, 0.29) is 0 Å². The minimum absolute atomic E-state index is 0.490. The molecule has 0 aromatic heterocycles. The van der Waals surface area contributed by atoms with Gasteiger partial charge in [0.05, 0.1) is 25.8 Å². The highest BCUT2D eigenvalue weighted by molar-refractivity contribution is 6.04. The second kappa shape index (κ2) is 7.84. The van der Waals surface area contributed by atoms with E-state index in [1.807, 2.05) is 36.4 Å². The zero-order valence-corrected chi connectivity index (χ0v) is 14.0. The molecule has 0 unspecified atom stereocenters. The van der Waals surface area contributed by atoms with Crippen LogP contribution in [0.3, 0.4) is 0 Å². The normalized spacial score (nSPS) is 13.3. The van der Waals surface area contributed by atoms with E-state index in [1.165, 1.54) is 0 Å². The summed E-state index contributed by atoms with van der Waals surface area (Å²) < 4.78 is 16.4. The summed E-state index contributed by atoms with van der Waals surface area (Å²) in [5.74, 6) is 2.55. The first kappa shape index (κ1) is 16.3. The van der Waals surface area contributed by atoms with Crippen molar-refractivity contribution in [3.05, 3.63) is 48.0 Å². The van der Waals surface area contributed by atoms with Gasteiger partial charge in [-0.25, -0.2) is 0 Å². The van der Waals surface area contributed by atoms with Gasteiger partial charge in [0, 0.05) is 19.2 Å². The smallest absolute Gasteiger partial charge is 0.138 e. The molecule has 24 heavy (non-hydrogen) atoms. The molecule has 0 amide bonds. The fourth-order valence-electron chi connectivity index (χ4n) is 2.68. The van der Waals surface area contributed by atoms with Gasteiger partial charge in [-0.1, -0.05) is 24.3 Å². The third-order valence-electron chi connectivity index (χ3n) is 3.88. The standard InChI is InChI=1S/C19H22N2O3/c1-22-12-13-24-18-16(14-6-8-15(23-2)9-7-14)4-3-5-17(18)19-20-10-11-21-19/h3-9H,10-13H2,1-2H3,(H,20,21). The molecule has 126 valence electrons. The van der Waals surface area contributed by atoms with Crippen LogP contribution in [0.15, 0.2) is 47.5 Å². The number of amidine groups is 1. The average molecular weight is 326 g/mol. The molecule has 3 rings (SSSR count). The summed E-state index contributed by atoms with van der Waals surface area (Å²) in [5.41, 5.74) is 3.09. The fourth-order valence-corrected chi connectivity index (χ4v) is 2.68. The lowest BCUT2D eigenvalue weighted by molar-refractivity contribution is 0.146. The topological polar surface area (TPSA) is 52.1 Å². The van der Waals surface area contributed by atoms with Crippen LogP contribution in [0, 0.1) is 0 Å². The van der Waals surface area contributed by atoms with Crippen LogP contribution in [0.5, 0.6) is 11.5 Å². The van der Waals surface area contributed by atoms with E-state index in [2.05, 4.69) is 16.4 Å². The minimum atomic E-state index is 0.490. The van der Waals surface area contributed by atoms with E-state index in [0.29, 0.717) is 13.2 Å². The fraction of sp³-hybridized carbons (Fsp3) is 0.316. The molecular formula is C19H22N2O3. The largest absolute Gasteiger partial charge is 0.497 e. The van der Waals surface area contributed by atoms with Crippen LogP contribution in [0.2, 0.25) is 0 Å². The van der Waals surface area contributed by atoms with Gasteiger partial charge < -0.3 is 19.5 Å². The number of para-hydroxylation sites is 1. The van der Waals surface area contributed by atoms with Gasteiger partial charge in [0.15, 0.2) is 0 Å². The molecule has 5 nitrogen and oxygen atoms in total.